The zero-order valence-corrected chi connectivity index (χ0v) is 11.9. The Balaban J connectivity index is 3.02. The molecule has 0 N–H and O–H groups in total. The molecule has 2 unspecified atom stereocenters. The van der Waals surface area contributed by atoms with Crippen molar-refractivity contribution in [1.82, 2.24) is 4.57 Å². The first kappa shape index (κ1) is 16.8. The third kappa shape index (κ3) is 3.63. The van der Waals surface area contributed by atoms with Gasteiger partial charge in [0.15, 0.2) is 0 Å². The monoisotopic (exact) mass is 309 g/mol. The van der Waals surface area contributed by atoms with Crippen molar-refractivity contribution in [3.8, 4) is 0 Å². The van der Waals surface area contributed by atoms with Crippen LogP contribution in [0.1, 0.15) is 0 Å². The van der Waals surface area contributed by atoms with E-state index in [-0.39, 0.29) is 13.2 Å². The minimum atomic E-state index is -5.58. The first-order valence-corrected chi connectivity index (χ1v) is 9.26. The van der Waals surface area contributed by atoms with E-state index in [4.69, 9.17) is 4.74 Å². The summed E-state index contributed by atoms with van der Waals surface area (Å²) in [6.07, 6.45) is -9.75. The lowest BCUT2D eigenvalue weighted by Crippen LogP contribution is -2.66. The SMILES string of the molecule is C[Si](C)(C)N1CCOCC1C(F)(F)C(F)C(F)(F)F. The predicted octanol–water partition coefficient (Wildman–Crippen LogP) is 3.06. The molecule has 1 fully saturated rings. The topological polar surface area (TPSA) is 12.5 Å². The summed E-state index contributed by atoms with van der Waals surface area (Å²) in [6.45, 7) is 4.85. The molecule has 2 atom stereocenters. The Morgan fingerprint density at radius 2 is 1.68 bits per heavy atom. The van der Waals surface area contributed by atoms with Gasteiger partial charge in [-0.3, -0.25) is 0 Å². The average molecular weight is 309 g/mol. The first-order chi connectivity index (χ1) is 8.38. The molecule has 0 aromatic heterocycles. The molecule has 1 heterocycles. The second-order valence-electron chi connectivity index (χ2n) is 5.53. The Morgan fingerprint density at radius 1 is 1.16 bits per heavy atom. The molecule has 0 saturated carbocycles. The third-order valence-corrected chi connectivity index (χ3v) is 5.32. The van der Waals surface area contributed by atoms with Crippen molar-refractivity contribution in [2.24, 2.45) is 0 Å². The highest BCUT2D eigenvalue weighted by molar-refractivity contribution is 6.73. The minimum Gasteiger partial charge on any atom is -0.378 e. The fraction of sp³-hybridized carbons (Fsp3) is 1.00. The number of hydrogen-bond donors (Lipinski definition) is 0. The number of alkyl halides is 6. The van der Waals surface area contributed by atoms with Gasteiger partial charge in [-0.15, -0.1) is 0 Å². The quantitative estimate of drug-likeness (QED) is 0.587. The van der Waals surface area contributed by atoms with Gasteiger partial charge in [0.1, 0.15) is 8.24 Å². The van der Waals surface area contributed by atoms with E-state index in [9.17, 15) is 26.3 Å². The van der Waals surface area contributed by atoms with E-state index in [2.05, 4.69) is 0 Å². The summed E-state index contributed by atoms with van der Waals surface area (Å²) >= 11 is 0. The molecule has 1 rings (SSSR count). The molecule has 0 aliphatic carbocycles. The molecule has 19 heavy (non-hydrogen) atoms. The van der Waals surface area contributed by atoms with Crippen LogP contribution in [0, 0.1) is 0 Å². The maximum atomic E-state index is 13.8. The van der Waals surface area contributed by atoms with Crippen molar-refractivity contribution in [2.45, 2.75) is 44.0 Å². The lowest BCUT2D eigenvalue weighted by Gasteiger charge is -2.46. The van der Waals surface area contributed by atoms with Crippen LogP contribution >= 0.6 is 0 Å². The van der Waals surface area contributed by atoms with E-state index in [1.54, 1.807) is 19.6 Å². The summed E-state index contributed by atoms with van der Waals surface area (Å²) in [6, 6.07) is -1.87. The maximum absolute atomic E-state index is 13.8. The fourth-order valence-electron chi connectivity index (χ4n) is 2.11. The van der Waals surface area contributed by atoms with Crippen LogP contribution in [0.25, 0.3) is 0 Å². The Morgan fingerprint density at radius 3 is 2.11 bits per heavy atom. The van der Waals surface area contributed by atoms with Crippen LogP contribution in [0.15, 0.2) is 0 Å². The fourth-order valence-corrected chi connectivity index (χ4v) is 4.06. The molecular weight excluding hydrogens is 292 g/mol. The molecular formula is C10H17F6NOSi. The number of hydrogen-bond acceptors (Lipinski definition) is 2. The molecule has 114 valence electrons. The molecule has 2 nitrogen and oxygen atoms in total. The van der Waals surface area contributed by atoms with E-state index >= 15 is 0 Å². The molecule has 0 amide bonds. The predicted molar refractivity (Wildman–Crippen MR) is 60.6 cm³/mol. The van der Waals surface area contributed by atoms with Gasteiger partial charge in [0, 0.05) is 6.54 Å². The van der Waals surface area contributed by atoms with Gasteiger partial charge in [0.25, 0.3) is 6.17 Å². The Bertz CT molecular complexity index is 316. The number of morpholine rings is 1. The molecule has 1 saturated heterocycles. The van der Waals surface area contributed by atoms with Crippen molar-refractivity contribution < 1.29 is 31.1 Å². The second kappa shape index (κ2) is 5.25. The van der Waals surface area contributed by atoms with E-state index in [0.29, 0.717) is 0 Å². The van der Waals surface area contributed by atoms with Crippen LogP contribution < -0.4 is 0 Å². The summed E-state index contributed by atoms with van der Waals surface area (Å²) in [5, 5.41) is 0. The molecule has 9 heteroatoms. The Hall–Kier alpha value is -0.283. The summed E-state index contributed by atoms with van der Waals surface area (Å²) in [7, 11) is -2.29. The highest BCUT2D eigenvalue weighted by atomic mass is 28.3. The molecule has 1 aliphatic heterocycles. The normalized spacial score (nSPS) is 25.4. The van der Waals surface area contributed by atoms with E-state index < -0.39 is 39.2 Å². The minimum absolute atomic E-state index is 0.0978. The van der Waals surface area contributed by atoms with Crippen molar-refractivity contribution in [1.29, 1.82) is 0 Å². The summed E-state index contributed by atoms with van der Waals surface area (Å²) in [5.41, 5.74) is 0. The molecule has 0 bridgehead atoms. The molecule has 1 aliphatic rings. The van der Waals surface area contributed by atoms with Gasteiger partial charge in [0.2, 0.25) is 0 Å². The van der Waals surface area contributed by atoms with Crippen LogP contribution in [0.5, 0.6) is 0 Å². The standard InChI is InChI=1S/C10H17F6NOSi/c1-19(2,3)17-4-5-18-6-7(17)9(12,13)8(11)10(14,15)16/h7-8H,4-6H2,1-3H3. The zero-order chi connectivity index (χ0) is 15.1. The van der Waals surface area contributed by atoms with Crippen molar-refractivity contribution >= 4 is 8.24 Å². The maximum Gasteiger partial charge on any atom is 0.425 e. The lowest BCUT2D eigenvalue weighted by molar-refractivity contribution is -0.263. The van der Waals surface area contributed by atoms with Gasteiger partial charge in [-0.2, -0.15) is 13.2 Å². The summed E-state index contributed by atoms with van der Waals surface area (Å²) in [5.74, 6) is -4.51. The molecule has 0 spiro atoms. The highest BCUT2D eigenvalue weighted by Crippen LogP contribution is 2.40. The molecule has 0 aromatic rings. The van der Waals surface area contributed by atoms with Gasteiger partial charge >= 0.3 is 12.1 Å². The number of rotatable bonds is 3. The molecule has 0 radical (unpaired) electrons. The van der Waals surface area contributed by atoms with E-state index in [1.807, 2.05) is 0 Å². The highest BCUT2D eigenvalue weighted by Gasteiger charge is 2.62. The summed E-state index contributed by atoms with van der Waals surface area (Å²) in [4.78, 5) is 0. The largest absolute Gasteiger partial charge is 0.425 e. The van der Waals surface area contributed by atoms with Crippen molar-refractivity contribution in [2.75, 3.05) is 19.8 Å². The third-order valence-electron chi connectivity index (χ3n) is 3.06. The van der Waals surface area contributed by atoms with E-state index in [1.165, 1.54) is 4.57 Å². The van der Waals surface area contributed by atoms with Gasteiger partial charge < -0.3 is 9.30 Å². The summed E-state index contributed by atoms with van der Waals surface area (Å²) < 4.78 is 83.4. The Kier molecular flexibility index (Phi) is 4.63. The molecule has 0 aromatic carbocycles. The van der Waals surface area contributed by atoms with Crippen LogP contribution in [0.3, 0.4) is 0 Å². The lowest BCUT2D eigenvalue weighted by atomic mass is 10.0. The van der Waals surface area contributed by atoms with Gasteiger partial charge in [-0.25, -0.2) is 13.2 Å². The van der Waals surface area contributed by atoms with Crippen LogP contribution in [-0.4, -0.2) is 56.9 Å². The van der Waals surface area contributed by atoms with Crippen molar-refractivity contribution in [3.05, 3.63) is 0 Å². The van der Waals surface area contributed by atoms with E-state index in [0.717, 1.165) is 0 Å². The number of ether oxygens (including phenoxy) is 1. The van der Waals surface area contributed by atoms with Crippen LogP contribution in [-0.2, 0) is 4.74 Å². The second-order valence-corrected chi connectivity index (χ2v) is 10.4. The smallest absolute Gasteiger partial charge is 0.378 e. The Labute approximate surface area is 108 Å². The first-order valence-electron chi connectivity index (χ1n) is 5.81. The number of nitrogens with zero attached hydrogens (tertiary/aromatic N) is 1. The van der Waals surface area contributed by atoms with Crippen molar-refractivity contribution in [3.63, 3.8) is 0 Å². The van der Waals surface area contributed by atoms with Gasteiger partial charge in [-0.1, -0.05) is 19.6 Å². The van der Waals surface area contributed by atoms with Gasteiger partial charge in [0.05, 0.1) is 19.3 Å². The zero-order valence-electron chi connectivity index (χ0n) is 10.9. The van der Waals surface area contributed by atoms with Crippen LogP contribution in [0.4, 0.5) is 26.3 Å². The average Bonchev–Trinajstić information content (AvgIpc) is 2.25. The van der Waals surface area contributed by atoms with Crippen LogP contribution in [0.2, 0.25) is 19.6 Å². The number of halogens is 6. The van der Waals surface area contributed by atoms with Gasteiger partial charge in [-0.05, 0) is 0 Å².